The van der Waals surface area contributed by atoms with Gasteiger partial charge in [-0.25, -0.2) is 9.67 Å². The molecule has 162 valence electrons. The van der Waals surface area contributed by atoms with Crippen LogP contribution in [0.15, 0.2) is 24.5 Å². The van der Waals surface area contributed by atoms with E-state index in [0.29, 0.717) is 29.0 Å². The number of anilines is 2. The molecule has 5 aliphatic rings. The molecule has 0 spiro atoms. The lowest BCUT2D eigenvalue weighted by molar-refractivity contribution is -0.150. The van der Waals surface area contributed by atoms with Crippen molar-refractivity contribution < 1.29 is 14.3 Å². The summed E-state index contributed by atoms with van der Waals surface area (Å²) >= 11 is 0. The van der Waals surface area contributed by atoms with Gasteiger partial charge in [0.1, 0.15) is 17.9 Å². The summed E-state index contributed by atoms with van der Waals surface area (Å²) in [6.45, 7) is 3.63. The molecular weight excluding hydrogens is 394 g/mol. The minimum Gasteiger partial charge on any atom is -0.479 e. The molecule has 8 nitrogen and oxygen atoms in total. The maximum absolute atomic E-state index is 13.7. The molecule has 2 N–H and O–H groups in total. The maximum atomic E-state index is 13.7. The highest BCUT2D eigenvalue weighted by molar-refractivity contribution is 6.00. The average Bonchev–Trinajstić information content (AvgIpc) is 3.15. The van der Waals surface area contributed by atoms with E-state index in [4.69, 9.17) is 4.74 Å². The Kier molecular flexibility index (Phi) is 3.83. The van der Waals surface area contributed by atoms with Gasteiger partial charge in [0.15, 0.2) is 6.10 Å². The Morgan fingerprint density at radius 2 is 2.03 bits per heavy atom. The molecule has 2 heterocycles. The van der Waals surface area contributed by atoms with Crippen molar-refractivity contribution in [2.45, 2.75) is 64.0 Å². The van der Waals surface area contributed by atoms with Crippen LogP contribution in [-0.4, -0.2) is 32.7 Å². The number of aryl methyl sites for hydroxylation is 1. The summed E-state index contributed by atoms with van der Waals surface area (Å²) in [6, 6.07) is 5.44. The number of carbonyl (C=O) groups excluding carboxylic acids is 2. The fraction of sp³-hybridized carbons (Fsp3) is 0.565. The van der Waals surface area contributed by atoms with Gasteiger partial charge in [0.25, 0.3) is 5.91 Å². The highest BCUT2D eigenvalue weighted by atomic mass is 16.5. The highest BCUT2D eigenvalue weighted by Gasteiger charge is 2.61. The van der Waals surface area contributed by atoms with Gasteiger partial charge < -0.3 is 15.4 Å². The van der Waals surface area contributed by atoms with E-state index in [1.165, 1.54) is 6.42 Å². The van der Waals surface area contributed by atoms with Gasteiger partial charge in [-0.05, 0) is 82.4 Å². The van der Waals surface area contributed by atoms with Crippen molar-refractivity contribution in [3.05, 3.63) is 30.4 Å². The summed E-state index contributed by atoms with van der Waals surface area (Å²) in [5, 5.41) is 10.7. The molecule has 1 aromatic heterocycles. The SMILES string of the molecule is Cc1ncn(C23C[C@H]4C[C@@H](CC(C(=O)Nc5ccc6c(c5)NC(=O)[C@@H](C)O6)(C4)C2)C3)n1. The van der Waals surface area contributed by atoms with Crippen LogP contribution < -0.4 is 15.4 Å². The van der Waals surface area contributed by atoms with Crippen LogP contribution in [0.2, 0.25) is 0 Å². The first-order valence-electron chi connectivity index (χ1n) is 11.2. The van der Waals surface area contributed by atoms with Crippen LogP contribution in [-0.2, 0) is 15.1 Å². The number of fused-ring (bicyclic) bond motifs is 1. The Hall–Kier alpha value is -2.90. The molecule has 7 rings (SSSR count). The minimum absolute atomic E-state index is 0.0826. The van der Waals surface area contributed by atoms with Gasteiger partial charge in [0.05, 0.1) is 16.6 Å². The van der Waals surface area contributed by atoms with Gasteiger partial charge in [-0.1, -0.05) is 0 Å². The molecule has 31 heavy (non-hydrogen) atoms. The second-order valence-electron chi connectivity index (χ2n) is 10.1. The number of benzene rings is 1. The molecule has 4 bridgehead atoms. The fourth-order valence-electron chi connectivity index (χ4n) is 6.87. The Morgan fingerprint density at radius 1 is 1.26 bits per heavy atom. The average molecular weight is 422 g/mol. The highest BCUT2D eigenvalue weighted by Crippen LogP contribution is 2.64. The first-order chi connectivity index (χ1) is 14.8. The van der Waals surface area contributed by atoms with Crippen LogP contribution in [0.4, 0.5) is 11.4 Å². The number of nitrogens with one attached hydrogen (secondary N) is 2. The van der Waals surface area contributed by atoms with E-state index in [1.807, 2.05) is 19.3 Å². The normalized spacial score (nSPS) is 35.3. The van der Waals surface area contributed by atoms with Crippen molar-refractivity contribution in [2.75, 3.05) is 10.6 Å². The number of hydrogen-bond donors (Lipinski definition) is 2. The van der Waals surface area contributed by atoms with Crippen molar-refractivity contribution >= 4 is 23.2 Å². The van der Waals surface area contributed by atoms with Gasteiger partial charge in [-0.15, -0.1) is 0 Å². The predicted molar refractivity (Wildman–Crippen MR) is 114 cm³/mol. The molecule has 1 aliphatic heterocycles. The lowest BCUT2D eigenvalue weighted by Crippen LogP contribution is -2.60. The largest absolute Gasteiger partial charge is 0.479 e. The standard InChI is InChI=1S/C23H27N5O3/c1-13-20(29)26-18-6-17(3-4-19(18)31-13)25-21(30)22-7-15-5-16(8-22)10-23(9-15,11-22)28-12-24-14(2)27-28/h3-4,6,12-13,15-16H,5,7-11H2,1-2H3,(H,25,30)(H,26,29)/t13-,15+,16+,22?,23?/m1/s1. The zero-order valence-corrected chi connectivity index (χ0v) is 17.9. The molecule has 4 fully saturated rings. The van der Waals surface area contributed by atoms with Crippen LogP contribution in [0.1, 0.15) is 51.3 Å². The summed E-state index contributed by atoms with van der Waals surface area (Å²) in [7, 11) is 0. The molecule has 4 aliphatic carbocycles. The summed E-state index contributed by atoms with van der Waals surface area (Å²) < 4.78 is 7.68. The number of ether oxygens (including phenoxy) is 1. The topological polar surface area (TPSA) is 98.1 Å². The van der Waals surface area contributed by atoms with Crippen LogP contribution in [0.3, 0.4) is 0 Å². The fourth-order valence-corrected chi connectivity index (χ4v) is 6.87. The molecule has 3 atom stereocenters. The van der Waals surface area contributed by atoms with Crippen molar-refractivity contribution in [3.63, 3.8) is 0 Å². The lowest BCUT2D eigenvalue weighted by Gasteiger charge is -2.60. The monoisotopic (exact) mass is 421 g/mol. The Labute approximate surface area is 180 Å². The minimum atomic E-state index is -0.517. The summed E-state index contributed by atoms with van der Waals surface area (Å²) in [6.07, 6.45) is 7.40. The first kappa shape index (κ1) is 18.8. The van der Waals surface area contributed by atoms with Gasteiger partial charge in [-0.3, -0.25) is 9.59 Å². The molecule has 8 heteroatoms. The Bertz CT molecular complexity index is 1080. The van der Waals surface area contributed by atoms with Crippen LogP contribution in [0.25, 0.3) is 0 Å². The quantitative estimate of drug-likeness (QED) is 0.793. The zero-order chi connectivity index (χ0) is 21.4. The molecular formula is C23H27N5O3. The number of amides is 2. The third-order valence-electron chi connectivity index (χ3n) is 7.77. The number of nitrogens with zero attached hydrogens (tertiary/aromatic N) is 3. The Balaban J connectivity index is 1.28. The van der Waals surface area contributed by atoms with E-state index < -0.39 is 6.10 Å². The molecule has 2 amide bonds. The second-order valence-corrected chi connectivity index (χ2v) is 10.1. The second kappa shape index (κ2) is 6.31. The van der Waals surface area contributed by atoms with Crippen LogP contribution in [0.5, 0.6) is 5.75 Å². The number of carbonyl (C=O) groups is 2. The number of aromatic nitrogens is 3. The van der Waals surface area contributed by atoms with Gasteiger partial charge in [-0.2, -0.15) is 5.10 Å². The number of hydrogen-bond acceptors (Lipinski definition) is 5. The number of rotatable bonds is 3. The third-order valence-corrected chi connectivity index (χ3v) is 7.77. The van der Waals surface area contributed by atoms with Gasteiger partial charge in [0.2, 0.25) is 5.91 Å². The van der Waals surface area contributed by atoms with E-state index in [2.05, 4.69) is 25.4 Å². The van der Waals surface area contributed by atoms with E-state index in [9.17, 15) is 9.59 Å². The molecule has 1 aromatic carbocycles. The third kappa shape index (κ3) is 2.87. The van der Waals surface area contributed by atoms with Crippen LogP contribution >= 0.6 is 0 Å². The van der Waals surface area contributed by atoms with Gasteiger partial charge >= 0.3 is 0 Å². The van der Waals surface area contributed by atoms with Crippen molar-refractivity contribution in [1.82, 2.24) is 14.8 Å². The van der Waals surface area contributed by atoms with E-state index >= 15 is 0 Å². The van der Waals surface area contributed by atoms with Crippen LogP contribution in [0, 0.1) is 24.2 Å². The first-order valence-corrected chi connectivity index (χ1v) is 11.2. The van der Waals surface area contributed by atoms with Crippen molar-refractivity contribution in [1.29, 1.82) is 0 Å². The molecule has 0 saturated heterocycles. The lowest BCUT2D eigenvalue weighted by atomic mass is 9.46. The van der Waals surface area contributed by atoms with Crippen molar-refractivity contribution in [2.24, 2.45) is 17.3 Å². The predicted octanol–water partition coefficient (Wildman–Crippen LogP) is 3.24. The van der Waals surface area contributed by atoms with E-state index in [1.54, 1.807) is 19.1 Å². The molecule has 2 aromatic rings. The zero-order valence-electron chi connectivity index (χ0n) is 17.9. The van der Waals surface area contributed by atoms with Crippen molar-refractivity contribution in [3.8, 4) is 5.75 Å². The van der Waals surface area contributed by atoms with Gasteiger partial charge in [0, 0.05) is 5.69 Å². The molecule has 4 saturated carbocycles. The van der Waals surface area contributed by atoms with E-state index in [0.717, 1.165) is 37.9 Å². The smallest absolute Gasteiger partial charge is 0.265 e. The van der Waals surface area contributed by atoms with E-state index in [-0.39, 0.29) is 22.8 Å². The maximum Gasteiger partial charge on any atom is 0.265 e. The molecule has 0 radical (unpaired) electrons. The summed E-state index contributed by atoms with van der Waals surface area (Å²) in [4.78, 5) is 30.0. The Morgan fingerprint density at radius 3 is 2.74 bits per heavy atom. The summed E-state index contributed by atoms with van der Waals surface area (Å²) in [5.41, 5.74) is 0.800. The molecule has 0 unspecified atom stereocenters. The summed E-state index contributed by atoms with van der Waals surface area (Å²) in [5.74, 6) is 2.41.